The van der Waals surface area contributed by atoms with Gasteiger partial charge in [0.2, 0.25) is 0 Å². The first kappa shape index (κ1) is 19.8. The second-order valence-electron chi connectivity index (χ2n) is 9.18. The molecule has 0 unspecified atom stereocenters. The van der Waals surface area contributed by atoms with Crippen molar-refractivity contribution in [3.63, 3.8) is 0 Å². The molecule has 162 valence electrons. The predicted octanol–water partition coefficient (Wildman–Crippen LogP) is 4.01. The zero-order chi connectivity index (χ0) is 20.7. The molecule has 1 amide bonds. The van der Waals surface area contributed by atoms with E-state index in [1.807, 2.05) is 12.1 Å². The van der Waals surface area contributed by atoms with Crippen molar-refractivity contribution in [1.82, 2.24) is 15.2 Å². The number of carbonyl (C=O) groups excluding carboxylic acids is 1. The Bertz CT molecular complexity index is 907. The summed E-state index contributed by atoms with van der Waals surface area (Å²) in [5.74, 6) is -2.03. The van der Waals surface area contributed by atoms with Crippen LogP contribution in [-0.2, 0) is 0 Å². The fourth-order valence-electron chi connectivity index (χ4n) is 4.78. The molecule has 0 bridgehead atoms. The Hall–Kier alpha value is -2.15. The van der Waals surface area contributed by atoms with Gasteiger partial charge in [0.15, 0.2) is 0 Å². The quantitative estimate of drug-likeness (QED) is 0.775. The standard InChI is InChI=1S/C23H30F2N4O/c24-23(25)7-11-28(12-8-23)22(30)21-14-17-13-19(3-4-20(17)27-21)29(15-16-1-2-16)18-5-9-26-10-6-18/h3-4,13-14,16,18,26-27H,1-2,5-12,15H2. The molecule has 3 fully saturated rings. The highest BCUT2D eigenvalue weighted by Gasteiger charge is 2.36. The van der Waals surface area contributed by atoms with Crippen molar-refractivity contribution in [1.29, 1.82) is 0 Å². The minimum atomic E-state index is -2.65. The van der Waals surface area contributed by atoms with Gasteiger partial charge < -0.3 is 20.1 Å². The van der Waals surface area contributed by atoms with E-state index in [-0.39, 0.29) is 31.8 Å². The summed E-state index contributed by atoms with van der Waals surface area (Å²) in [5, 5.41) is 4.46. The van der Waals surface area contributed by atoms with Crippen molar-refractivity contribution in [2.24, 2.45) is 5.92 Å². The maximum Gasteiger partial charge on any atom is 0.270 e. The molecule has 2 saturated heterocycles. The van der Waals surface area contributed by atoms with Gasteiger partial charge >= 0.3 is 0 Å². The smallest absolute Gasteiger partial charge is 0.270 e. The number of halogens is 2. The van der Waals surface area contributed by atoms with Crippen LogP contribution in [0.15, 0.2) is 24.3 Å². The van der Waals surface area contributed by atoms with Crippen LogP contribution < -0.4 is 10.2 Å². The van der Waals surface area contributed by atoms with Gasteiger partial charge in [0.05, 0.1) is 0 Å². The van der Waals surface area contributed by atoms with E-state index in [9.17, 15) is 13.6 Å². The molecule has 1 aromatic carbocycles. The molecule has 1 aliphatic carbocycles. The highest BCUT2D eigenvalue weighted by atomic mass is 19.3. The maximum absolute atomic E-state index is 13.4. The van der Waals surface area contributed by atoms with Crippen molar-refractivity contribution in [3.05, 3.63) is 30.0 Å². The fraction of sp³-hybridized carbons (Fsp3) is 0.609. The molecule has 0 atom stereocenters. The Morgan fingerprint density at radius 3 is 2.53 bits per heavy atom. The van der Waals surface area contributed by atoms with E-state index >= 15 is 0 Å². The number of alkyl halides is 2. The summed E-state index contributed by atoms with van der Waals surface area (Å²) >= 11 is 0. The molecule has 1 aromatic heterocycles. The number of nitrogens with one attached hydrogen (secondary N) is 2. The number of H-pyrrole nitrogens is 1. The SMILES string of the molecule is O=C(c1cc2cc(N(CC3CC3)C3CCNCC3)ccc2[nH]1)N1CCC(F)(F)CC1. The van der Waals surface area contributed by atoms with E-state index in [0.29, 0.717) is 11.7 Å². The summed E-state index contributed by atoms with van der Waals surface area (Å²) in [5.41, 5.74) is 2.63. The first-order valence-corrected chi connectivity index (χ1v) is 11.3. The Morgan fingerprint density at radius 2 is 1.83 bits per heavy atom. The van der Waals surface area contributed by atoms with Crippen LogP contribution in [0, 0.1) is 5.92 Å². The average Bonchev–Trinajstić information content (AvgIpc) is 3.47. The van der Waals surface area contributed by atoms with Crippen molar-refractivity contribution in [2.75, 3.05) is 37.6 Å². The van der Waals surface area contributed by atoms with Crippen LogP contribution in [0.5, 0.6) is 0 Å². The summed E-state index contributed by atoms with van der Waals surface area (Å²) < 4.78 is 26.8. The van der Waals surface area contributed by atoms with E-state index < -0.39 is 5.92 Å². The van der Waals surface area contributed by atoms with E-state index in [2.05, 4.69) is 27.3 Å². The molecule has 3 aliphatic rings. The third kappa shape index (κ3) is 4.17. The zero-order valence-corrected chi connectivity index (χ0v) is 17.3. The molecule has 2 aromatic rings. The molecule has 5 nitrogen and oxygen atoms in total. The summed E-state index contributed by atoms with van der Waals surface area (Å²) in [4.78, 5) is 20.1. The molecule has 0 spiro atoms. The highest BCUT2D eigenvalue weighted by Crippen LogP contribution is 2.35. The van der Waals surface area contributed by atoms with E-state index in [1.165, 1.54) is 23.4 Å². The molecule has 5 rings (SSSR count). The summed E-state index contributed by atoms with van der Waals surface area (Å²) in [6.07, 6.45) is 4.44. The number of aromatic amines is 1. The van der Waals surface area contributed by atoms with Gasteiger partial charge in [0.25, 0.3) is 11.8 Å². The monoisotopic (exact) mass is 416 g/mol. The molecule has 3 heterocycles. The van der Waals surface area contributed by atoms with E-state index in [4.69, 9.17) is 0 Å². The summed E-state index contributed by atoms with van der Waals surface area (Å²) in [7, 11) is 0. The molecule has 30 heavy (non-hydrogen) atoms. The Labute approximate surface area is 175 Å². The van der Waals surface area contributed by atoms with Crippen molar-refractivity contribution < 1.29 is 13.6 Å². The topological polar surface area (TPSA) is 51.4 Å². The lowest BCUT2D eigenvalue weighted by molar-refractivity contribution is -0.0495. The Balaban J connectivity index is 1.36. The number of hydrogen-bond donors (Lipinski definition) is 2. The van der Waals surface area contributed by atoms with Crippen LogP contribution in [0.3, 0.4) is 0 Å². The van der Waals surface area contributed by atoms with Crippen LogP contribution in [0.25, 0.3) is 10.9 Å². The molecule has 7 heteroatoms. The van der Waals surface area contributed by atoms with Crippen LogP contribution in [0.4, 0.5) is 14.5 Å². The van der Waals surface area contributed by atoms with Gasteiger partial charge in [-0.25, -0.2) is 8.78 Å². The number of likely N-dealkylation sites (tertiary alicyclic amines) is 1. The second-order valence-corrected chi connectivity index (χ2v) is 9.18. The number of anilines is 1. The number of piperidine rings is 2. The molecule has 2 aliphatic heterocycles. The van der Waals surface area contributed by atoms with Gasteiger partial charge in [-0.1, -0.05) is 0 Å². The number of rotatable bonds is 5. The highest BCUT2D eigenvalue weighted by molar-refractivity contribution is 5.98. The first-order chi connectivity index (χ1) is 14.5. The predicted molar refractivity (Wildman–Crippen MR) is 114 cm³/mol. The fourth-order valence-corrected chi connectivity index (χ4v) is 4.78. The number of aromatic nitrogens is 1. The van der Waals surface area contributed by atoms with Gasteiger partial charge in [-0.2, -0.15) is 0 Å². The normalized spacial score (nSPS) is 22.4. The Kier molecular flexibility index (Phi) is 5.17. The van der Waals surface area contributed by atoms with E-state index in [1.54, 1.807) is 0 Å². The molecular formula is C23H30F2N4O. The number of nitrogens with zero attached hydrogens (tertiary/aromatic N) is 2. The lowest BCUT2D eigenvalue weighted by Gasteiger charge is -2.36. The van der Waals surface area contributed by atoms with Gasteiger partial charge in [-0.3, -0.25) is 4.79 Å². The van der Waals surface area contributed by atoms with Crippen molar-refractivity contribution >= 4 is 22.5 Å². The van der Waals surface area contributed by atoms with Gasteiger partial charge in [-0.05, 0) is 69.0 Å². The third-order valence-corrected chi connectivity index (χ3v) is 6.85. The van der Waals surface area contributed by atoms with Crippen LogP contribution in [0.2, 0.25) is 0 Å². The van der Waals surface area contributed by atoms with E-state index in [0.717, 1.165) is 49.3 Å². The van der Waals surface area contributed by atoms with Crippen LogP contribution >= 0.6 is 0 Å². The molecule has 1 saturated carbocycles. The number of carbonyl (C=O) groups is 1. The summed E-state index contributed by atoms with van der Waals surface area (Å²) in [6, 6.07) is 8.81. The number of hydrogen-bond acceptors (Lipinski definition) is 3. The van der Waals surface area contributed by atoms with Crippen molar-refractivity contribution in [2.45, 2.75) is 50.5 Å². The Morgan fingerprint density at radius 1 is 1.10 bits per heavy atom. The lowest BCUT2D eigenvalue weighted by Crippen LogP contribution is -2.44. The van der Waals surface area contributed by atoms with Crippen LogP contribution in [-0.4, -0.2) is 60.5 Å². The number of amides is 1. The van der Waals surface area contributed by atoms with Crippen LogP contribution in [0.1, 0.15) is 49.0 Å². The maximum atomic E-state index is 13.4. The molecule has 0 radical (unpaired) electrons. The van der Waals surface area contributed by atoms with Gasteiger partial charge in [0, 0.05) is 55.1 Å². The minimum Gasteiger partial charge on any atom is -0.368 e. The average molecular weight is 417 g/mol. The second kappa shape index (κ2) is 7.84. The third-order valence-electron chi connectivity index (χ3n) is 6.85. The number of fused-ring (bicyclic) bond motifs is 1. The minimum absolute atomic E-state index is 0.108. The zero-order valence-electron chi connectivity index (χ0n) is 17.3. The summed E-state index contributed by atoms with van der Waals surface area (Å²) in [6.45, 7) is 3.44. The molecule has 2 N–H and O–H groups in total. The van der Waals surface area contributed by atoms with Crippen molar-refractivity contribution in [3.8, 4) is 0 Å². The first-order valence-electron chi connectivity index (χ1n) is 11.3. The van der Waals surface area contributed by atoms with Gasteiger partial charge in [0.1, 0.15) is 5.69 Å². The lowest BCUT2D eigenvalue weighted by atomic mass is 10.0. The number of benzene rings is 1. The van der Waals surface area contributed by atoms with Gasteiger partial charge in [-0.15, -0.1) is 0 Å². The molecular weight excluding hydrogens is 386 g/mol. The largest absolute Gasteiger partial charge is 0.368 e.